The average molecular weight is 469 g/mol. The SMILES string of the molecule is CCC(C1=CC=C(C(=O)F)CC1)N1C(=O)C(c2ccc(F)cc2)=NC12CCC(C(C)(C)C)CC2. The molecular formula is C28H34F2N2O2. The van der Waals surface area contributed by atoms with Gasteiger partial charge in [0, 0.05) is 11.1 Å². The van der Waals surface area contributed by atoms with Crippen LogP contribution in [0.1, 0.15) is 78.2 Å². The summed E-state index contributed by atoms with van der Waals surface area (Å²) < 4.78 is 26.8. The Morgan fingerprint density at radius 3 is 2.29 bits per heavy atom. The van der Waals surface area contributed by atoms with Crippen LogP contribution < -0.4 is 0 Å². The van der Waals surface area contributed by atoms with Gasteiger partial charge < -0.3 is 4.90 Å². The molecule has 1 aliphatic heterocycles. The van der Waals surface area contributed by atoms with E-state index in [2.05, 4.69) is 20.8 Å². The van der Waals surface area contributed by atoms with Crippen LogP contribution in [-0.2, 0) is 9.59 Å². The third-order valence-electron chi connectivity index (χ3n) is 7.88. The summed E-state index contributed by atoms with van der Waals surface area (Å²) in [7, 11) is 0. The minimum Gasteiger partial charge on any atom is -0.306 e. The summed E-state index contributed by atoms with van der Waals surface area (Å²) in [6.45, 7) is 8.83. The van der Waals surface area contributed by atoms with Crippen LogP contribution >= 0.6 is 0 Å². The molecule has 4 rings (SSSR count). The highest BCUT2D eigenvalue weighted by molar-refractivity contribution is 6.46. The molecular weight excluding hydrogens is 434 g/mol. The summed E-state index contributed by atoms with van der Waals surface area (Å²) in [5.41, 5.74) is 1.77. The van der Waals surface area contributed by atoms with Crippen molar-refractivity contribution in [3.05, 3.63) is 58.9 Å². The largest absolute Gasteiger partial charge is 0.328 e. The summed E-state index contributed by atoms with van der Waals surface area (Å²) in [4.78, 5) is 32.1. The van der Waals surface area contributed by atoms with E-state index in [1.807, 2.05) is 17.9 Å². The molecule has 0 N–H and O–H groups in total. The number of allylic oxidation sites excluding steroid dienone is 3. The number of nitrogens with zero attached hydrogens (tertiary/aromatic N) is 2. The first-order valence-electron chi connectivity index (χ1n) is 12.3. The van der Waals surface area contributed by atoms with E-state index >= 15 is 0 Å². The second kappa shape index (κ2) is 9.20. The fraction of sp³-hybridized carbons (Fsp3) is 0.536. The number of carbonyl (C=O) groups excluding carboxylic acids is 2. The normalized spacial score (nSPS) is 26.3. The molecule has 1 spiro atoms. The smallest absolute Gasteiger partial charge is 0.306 e. The van der Waals surface area contributed by atoms with E-state index in [-0.39, 0.29) is 28.8 Å². The molecule has 1 saturated carbocycles. The predicted octanol–water partition coefficient (Wildman–Crippen LogP) is 6.31. The molecule has 6 heteroatoms. The monoisotopic (exact) mass is 468 g/mol. The lowest BCUT2D eigenvalue weighted by atomic mass is 9.69. The quantitative estimate of drug-likeness (QED) is 0.476. The highest BCUT2D eigenvalue weighted by Gasteiger charge is 2.52. The number of amides is 1. The van der Waals surface area contributed by atoms with E-state index in [1.165, 1.54) is 12.1 Å². The van der Waals surface area contributed by atoms with Crippen molar-refractivity contribution in [2.45, 2.75) is 84.3 Å². The Morgan fingerprint density at radius 1 is 1.15 bits per heavy atom. The van der Waals surface area contributed by atoms with Gasteiger partial charge in [-0.05, 0) is 86.1 Å². The predicted molar refractivity (Wildman–Crippen MR) is 130 cm³/mol. The van der Waals surface area contributed by atoms with Gasteiger partial charge in [0.25, 0.3) is 5.91 Å². The van der Waals surface area contributed by atoms with Crippen molar-refractivity contribution < 1.29 is 18.4 Å². The zero-order valence-corrected chi connectivity index (χ0v) is 20.5. The highest BCUT2D eigenvalue weighted by atomic mass is 19.1. The zero-order chi connectivity index (χ0) is 24.7. The van der Waals surface area contributed by atoms with Crippen LogP contribution in [0.25, 0.3) is 0 Å². The van der Waals surface area contributed by atoms with Gasteiger partial charge in [-0.15, -0.1) is 0 Å². The Bertz CT molecular complexity index is 1050. The number of hydrogen-bond acceptors (Lipinski definition) is 3. The van der Waals surface area contributed by atoms with Gasteiger partial charge in [-0.1, -0.05) is 39.8 Å². The van der Waals surface area contributed by atoms with Gasteiger partial charge >= 0.3 is 6.04 Å². The number of halogens is 2. The molecule has 1 aromatic rings. The topological polar surface area (TPSA) is 49.7 Å². The maximum atomic E-state index is 13.9. The molecule has 0 saturated heterocycles. The summed E-state index contributed by atoms with van der Waals surface area (Å²) in [6.07, 6.45) is 8.43. The molecule has 1 unspecified atom stereocenters. The van der Waals surface area contributed by atoms with Gasteiger partial charge in [-0.3, -0.25) is 14.6 Å². The molecule has 182 valence electrons. The molecule has 0 bridgehead atoms. The van der Waals surface area contributed by atoms with Crippen molar-refractivity contribution in [1.82, 2.24) is 4.90 Å². The zero-order valence-electron chi connectivity index (χ0n) is 20.5. The van der Waals surface area contributed by atoms with Crippen molar-refractivity contribution in [2.75, 3.05) is 0 Å². The highest BCUT2D eigenvalue weighted by Crippen LogP contribution is 2.48. The first kappa shape index (κ1) is 24.5. The molecule has 1 atom stereocenters. The molecule has 1 amide bonds. The van der Waals surface area contributed by atoms with Crippen molar-refractivity contribution in [3.63, 3.8) is 0 Å². The van der Waals surface area contributed by atoms with E-state index in [4.69, 9.17) is 4.99 Å². The lowest BCUT2D eigenvalue weighted by molar-refractivity contribution is -0.132. The van der Waals surface area contributed by atoms with Crippen LogP contribution in [0.5, 0.6) is 0 Å². The number of rotatable bonds is 5. The maximum absolute atomic E-state index is 13.9. The van der Waals surface area contributed by atoms with Crippen LogP contribution in [0.15, 0.2) is 52.6 Å². The van der Waals surface area contributed by atoms with Crippen LogP contribution in [0, 0.1) is 17.2 Å². The molecule has 0 aromatic heterocycles. The van der Waals surface area contributed by atoms with E-state index in [0.717, 1.165) is 31.3 Å². The van der Waals surface area contributed by atoms with Crippen molar-refractivity contribution in [2.24, 2.45) is 16.3 Å². The molecule has 1 aromatic carbocycles. The first-order chi connectivity index (χ1) is 16.1. The second-order valence-corrected chi connectivity index (χ2v) is 10.9. The fourth-order valence-electron chi connectivity index (χ4n) is 5.84. The van der Waals surface area contributed by atoms with Crippen molar-refractivity contribution >= 4 is 17.7 Å². The van der Waals surface area contributed by atoms with Gasteiger partial charge in [0.05, 0.1) is 6.04 Å². The Hall–Kier alpha value is -2.63. The maximum Gasteiger partial charge on any atom is 0.328 e. The summed E-state index contributed by atoms with van der Waals surface area (Å²) in [5.74, 6) is 0.0657. The van der Waals surface area contributed by atoms with E-state index in [0.29, 0.717) is 36.5 Å². The first-order valence-corrected chi connectivity index (χ1v) is 12.3. The fourth-order valence-corrected chi connectivity index (χ4v) is 5.84. The average Bonchev–Trinajstić information content (AvgIpc) is 3.07. The standard InChI is InChI=1S/C28H34F2N2O2/c1-5-23(18-6-8-20(9-7-18)25(30)33)32-26(34)24(19-10-12-22(29)13-11-19)31-28(32)16-14-21(15-17-28)27(2,3)4/h6,8,10-13,21,23H,5,7,9,14-17H2,1-4H3. The number of aliphatic imine (C=N–C) groups is 1. The summed E-state index contributed by atoms with van der Waals surface area (Å²) in [6, 6.07) is 4.38. The molecule has 4 nitrogen and oxygen atoms in total. The Morgan fingerprint density at radius 2 is 1.79 bits per heavy atom. The summed E-state index contributed by atoms with van der Waals surface area (Å²) in [5, 5.41) is 0. The minimum absolute atomic E-state index is 0.134. The van der Waals surface area contributed by atoms with Crippen molar-refractivity contribution in [1.29, 1.82) is 0 Å². The number of carbonyl (C=O) groups is 2. The van der Waals surface area contributed by atoms with Crippen LogP contribution in [0.4, 0.5) is 8.78 Å². The number of hydrogen-bond donors (Lipinski definition) is 0. The van der Waals surface area contributed by atoms with Crippen LogP contribution in [0.2, 0.25) is 0 Å². The lowest BCUT2D eigenvalue weighted by Gasteiger charge is -2.48. The molecule has 1 heterocycles. The van der Waals surface area contributed by atoms with E-state index < -0.39 is 11.7 Å². The number of benzene rings is 1. The lowest BCUT2D eigenvalue weighted by Crippen LogP contribution is -2.55. The minimum atomic E-state index is -1.39. The molecule has 3 aliphatic rings. The van der Waals surface area contributed by atoms with Gasteiger partial charge in [0.2, 0.25) is 0 Å². The van der Waals surface area contributed by atoms with Gasteiger partial charge in [-0.25, -0.2) is 4.39 Å². The second-order valence-electron chi connectivity index (χ2n) is 10.9. The Kier molecular flexibility index (Phi) is 6.63. The summed E-state index contributed by atoms with van der Waals surface area (Å²) >= 11 is 0. The molecule has 0 radical (unpaired) electrons. The Balaban J connectivity index is 1.73. The Labute approximate surface area is 200 Å². The van der Waals surface area contributed by atoms with E-state index in [9.17, 15) is 18.4 Å². The molecule has 2 aliphatic carbocycles. The third kappa shape index (κ3) is 4.51. The third-order valence-corrected chi connectivity index (χ3v) is 7.88. The molecule has 34 heavy (non-hydrogen) atoms. The molecule has 1 fully saturated rings. The van der Waals surface area contributed by atoms with Crippen molar-refractivity contribution in [3.8, 4) is 0 Å². The van der Waals surface area contributed by atoms with Gasteiger partial charge in [0.15, 0.2) is 0 Å². The van der Waals surface area contributed by atoms with Gasteiger partial charge in [0.1, 0.15) is 17.2 Å². The van der Waals surface area contributed by atoms with E-state index in [1.54, 1.807) is 18.2 Å². The van der Waals surface area contributed by atoms with Crippen LogP contribution in [0.3, 0.4) is 0 Å². The van der Waals surface area contributed by atoms with Gasteiger partial charge in [-0.2, -0.15) is 4.39 Å². The van der Waals surface area contributed by atoms with Crippen LogP contribution in [-0.4, -0.2) is 34.3 Å².